The lowest BCUT2D eigenvalue weighted by Gasteiger charge is -2.12. The number of hydrogen-bond acceptors (Lipinski definition) is 7. The summed E-state index contributed by atoms with van der Waals surface area (Å²) in [6.45, 7) is 2.66. The van der Waals surface area contributed by atoms with Crippen molar-refractivity contribution in [2.45, 2.75) is 6.54 Å². The minimum Gasteiger partial charge on any atom is -0.424 e. The van der Waals surface area contributed by atoms with Crippen LogP contribution in [0.25, 0.3) is 22.5 Å². The summed E-state index contributed by atoms with van der Waals surface area (Å²) in [5.74, 6) is 0.202. The number of ether oxygens (including phenoxy) is 1. The first-order valence-electron chi connectivity index (χ1n) is 10.9. The molecule has 34 heavy (non-hydrogen) atoms. The maximum Gasteiger partial charge on any atom is 0.366 e. The second-order valence-corrected chi connectivity index (χ2v) is 7.90. The van der Waals surface area contributed by atoms with Gasteiger partial charge in [0.2, 0.25) is 0 Å². The molecule has 2 aromatic heterocycles. The van der Waals surface area contributed by atoms with Crippen LogP contribution >= 0.6 is 0 Å². The maximum atomic E-state index is 13.5. The Balaban J connectivity index is 1.69. The van der Waals surface area contributed by atoms with Gasteiger partial charge in [-0.05, 0) is 50.0 Å². The Morgan fingerprint density at radius 2 is 1.82 bits per heavy atom. The minimum absolute atomic E-state index is 0.137. The molecule has 0 saturated carbocycles. The number of nitrogens with one attached hydrogen (secondary N) is 1. The van der Waals surface area contributed by atoms with Crippen molar-refractivity contribution in [3.63, 3.8) is 0 Å². The third-order valence-corrected chi connectivity index (χ3v) is 5.07. The van der Waals surface area contributed by atoms with E-state index >= 15 is 0 Å². The summed E-state index contributed by atoms with van der Waals surface area (Å²) in [6.07, 6.45) is 1.56. The van der Waals surface area contributed by atoms with E-state index in [1.54, 1.807) is 36.5 Å². The lowest BCUT2D eigenvalue weighted by molar-refractivity contribution is 0.252. The van der Waals surface area contributed by atoms with Crippen molar-refractivity contribution in [1.29, 1.82) is 0 Å². The Labute approximate surface area is 196 Å². The van der Waals surface area contributed by atoms with E-state index in [-0.39, 0.29) is 11.8 Å². The lowest BCUT2D eigenvalue weighted by atomic mass is 10.0. The summed E-state index contributed by atoms with van der Waals surface area (Å²) in [5, 5.41) is 3.33. The van der Waals surface area contributed by atoms with Crippen molar-refractivity contribution in [1.82, 2.24) is 24.9 Å². The molecule has 0 aliphatic carbocycles. The van der Waals surface area contributed by atoms with E-state index in [1.807, 2.05) is 32.3 Å². The van der Waals surface area contributed by atoms with Gasteiger partial charge in [0.1, 0.15) is 17.3 Å². The highest BCUT2D eigenvalue weighted by molar-refractivity contribution is 5.78. The molecule has 176 valence electrons. The summed E-state index contributed by atoms with van der Waals surface area (Å²) in [5.41, 5.74) is 1.25. The van der Waals surface area contributed by atoms with Gasteiger partial charge in [0, 0.05) is 25.8 Å². The second kappa shape index (κ2) is 10.9. The number of para-hydroxylation sites is 1. The highest BCUT2D eigenvalue weighted by Gasteiger charge is 2.22. The molecule has 0 fully saturated rings. The normalized spacial score (nSPS) is 11.2. The quantitative estimate of drug-likeness (QED) is 0.359. The number of hydrogen-bond donors (Lipinski definition) is 1. The van der Waals surface area contributed by atoms with Crippen LogP contribution in [0.15, 0.2) is 76.2 Å². The monoisotopic (exact) mass is 463 g/mol. The molecule has 0 saturated heterocycles. The number of benzene rings is 2. The Hall–Kier alpha value is -3.82. The van der Waals surface area contributed by atoms with Crippen LogP contribution < -0.4 is 15.7 Å². The molecule has 0 unspecified atom stereocenters. The van der Waals surface area contributed by atoms with E-state index in [0.29, 0.717) is 41.4 Å². The van der Waals surface area contributed by atoms with E-state index in [9.17, 15) is 9.18 Å². The first-order chi connectivity index (χ1) is 16.5. The fourth-order valence-corrected chi connectivity index (χ4v) is 3.42. The fourth-order valence-electron chi connectivity index (χ4n) is 3.42. The maximum absolute atomic E-state index is 13.5. The summed E-state index contributed by atoms with van der Waals surface area (Å²) in [6, 6.07) is 16.7. The first-order valence-corrected chi connectivity index (χ1v) is 10.9. The molecule has 0 amide bonds. The lowest BCUT2D eigenvalue weighted by Crippen LogP contribution is -2.29. The molecule has 2 heterocycles. The number of likely N-dealkylation sites (N-methyl/N-ethyl adjacent to an activating group) is 1. The topological polar surface area (TPSA) is 85.4 Å². The van der Waals surface area contributed by atoms with Gasteiger partial charge in [0.05, 0.1) is 17.8 Å². The van der Waals surface area contributed by atoms with Crippen molar-refractivity contribution >= 4 is 0 Å². The Morgan fingerprint density at radius 3 is 2.56 bits per heavy atom. The number of nitrogens with zero attached hydrogens (tertiary/aromatic N) is 4. The summed E-state index contributed by atoms with van der Waals surface area (Å²) in [7, 11) is 4.01. The van der Waals surface area contributed by atoms with Crippen LogP contribution in [-0.2, 0) is 6.54 Å². The Morgan fingerprint density at radius 1 is 1.06 bits per heavy atom. The number of aromatic nitrogens is 3. The fraction of sp³-hybridized carbons (Fsp3) is 0.240. The molecule has 0 aliphatic heterocycles. The zero-order valence-electron chi connectivity index (χ0n) is 19.1. The van der Waals surface area contributed by atoms with Gasteiger partial charge in [-0.25, -0.2) is 18.9 Å². The van der Waals surface area contributed by atoms with Crippen molar-refractivity contribution < 1.29 is 13.7 Å². The standard InChI is InChI=1S/C25H26FN5O3/c1-30(2)16-14-27-15-17-31-23(22(24(32)34-31)18-8-10-19(26)11-9-18)21-12-13-28-25(29-21)33-20-6-4-3-5-7-20/h3-13,27H,14-17H2,1-2H3. The van der Waals surface area contributed by atoms with E-state index in [4.69, 9.17) is 9.26 Å². The van der Waals surface area contributed by atoms with Crippen LogP contribution in [0.5, 0.6) is 11.8 Å². The van der Waals surface area contributed by atoms with E-state index in [1.165, 1.54) is 16.9 Å². The van der Waals surface area contributed by atoms with Crippen molar-refractivity contribution in [3.8, 4) is 34.3 Å². The molecule has 0 atom stereocenters. The molecule has 4 rings (SSSR count). The van der Waals surface area contributed by atoms with Gasteiger partial charge in [0.25, 0.3) is 0 Å². The largest absolute Gasteiger partial charge is 0.424 e. The first kappa shape index (κ1) is 23.3. The molecule has 2 aromatic carbocycles. The van der Waals surface area contributed by atoms with Crippen LogP contribution in [-0.4, -0.2) is 53.3 Å². The summed E-state index contributed by atoms with van der Waals surface area (Å²) < 4.78 is 26.4. The molecule has 1 N–H and O–H groups in total. The smallest absolute Gasteiger partial charge is 0.366 e. The zero-order valence-corrected chi connectivity index (χ0v) is 19.1. The van der Waals surface area contributed by atoms with Gasteiger partial charge in [-0.15, -0.1) is 0 Å². The zero-order chi connectivity index (χ0) is 23.9. The third kappa shape index (κ3) is 5.75. The average Bonchev–Trinajstić information content (AvgIpc) is 3.16. The van der Waals surface area contributed by atoms with Gasteiger partial charge in [-0.3, -0.25) is 0 Å². The number of halogens is 1. The molecule has 0 radical (unpaired) electrons. The molecule has 9 heteroatoms. The van der Waals surface area contributed by atoms with Crippen molar-refractivity contribution in [2.24, 2.45) is 0 Å². The van der Waals surface area contributed by atoms with Gasteiger partial charge in [-0.2, -0.15) is 4.98 Å². The van der Waals surface area contributed by atoms with Gasteiger partial charge >= 0.3 is 11.6 Å². The van der Waals surface area contributed by atoms with Gasteiger partial charge < -0.3 is 19.5 Å². The Kier molecular flexibility index (Phi) is 7.46. The predicted molar refractivity (Wildman–Crippen MR) is 127 cm³/mol. The van der Waals surface area contributed by atoms with E-state index in [2.05, 4.69) is 20.2 Å². The average molecular weight is 464 g/mol. The minimum atomic E-state index is -0.529. The summed E-state index contributed by atoms with van der Waals surface area (Å²) in [4.78, 5) is 23.7. The van der Waals surface area contributed by atoms with Crippen LogP contribution in [0.1, 0.15) is 0 Å². The predicted octanol–water partition coefficient (Wildman–Crippen LogP) is 3.65. The third-order valence-electron chi connectivity index (χ3n) is 5.07. The van der Waals surface area contributed by atoms with Crippen LogP contribution in [0.3, 0.4) is 0 Å². The molecule has 8 nitrogen and oxygen atoms in total. The molecule has 0 aliphatic rings. The highest BCUT2D eigenvalue weighted by Crippen LogP contribution is 2.30. The highest BCUT2D eigenvalue weighted by atomic mass is 19.1. The van der Waals surface area contributed by atoms with Crippen LogP contribution in [0, 0.1) is 5.82 Å². The van der Waals surface area contributed by atoms with Crippen LogP contribution in [0.4, 0.5) is 4.39 Å². The molecular formula is C25H26FN5O3. The molecular weight excluding hydrogens is 437 g/mol. The second-order valence-electron chi connectivity index (χ2n) is 7.90. The Bertz CT molecular complexity index is 1270. The van der Waals surface area contributed by atoms with Gasteiger partial charge in [-0.1, -0.05) is 30.3 Å². The number of rotatable bonds is 10. The van der Waals surface area contributed by atoms with E-state index in [0.717, 1.165) is 13.1 Å². The van der Waals surface area contributed by atoms with Gasteiger partial charge in [0.15, 0.2) is 0 Å². The molecule has 0 bridgehead atoms. The SMILES string of the molecule is CN(C)CCNCCn1oc(=O)c(-c2ccc(F)cc2)c1-c1ccnc(Oc2ccccc2)n1. The summed E-state index contributed by atoms with van der Waals surface area (Å²) >= 11 is 0. The molecule has 0 spiro atoms. The van der Waals surface area contributed by atoms with Crippen molar-refractivity contribution in [3.05, 3.63) is 83.1 Å². The van der Waals surface area contributed by atoms with Crippen molar-refractivity contribution in [2.75, 3.05) is 33.7 Å². The molecule has 4 aromatic rings. The van der Waals surface area contributed by atoms with Crippen LogP contribution in [0.2, 0.25) is 0 Å². The van der Waals surface area contributed by atoms with E-state index < -0.39 is 5.63 Å².